The third-order valence-electron chi connectivity index (χ3n) is 4.53. The molecule has 2 N–H and O–H groups in total. The number of carbonyl (C=O) groups excluding carboxylic acids is 3. The molecule has 0 unspecified atom stereocenters. The van der Waals surface area contributed by atoms with Crippen molar-refractivity contribution in [1.82, 2.24) is 4.40 Å². The van der Waals surface area contributed by atoms with Gasteiger partial charge in [0.25, 0.3) is 11.7 Å². The second-order valence-electron chi connectivity index (χ2n) is 6.26. The Bertz CT molecular complexity index is 854. The van der Waals surface area contributed by atoms with Gasteiger partial charge >= 0.3 is 5.97 Å². The zero-order chi connectivity index (χ0) is 20.0. The summed E-state index contributed by atoms with van der Waals surface area (Å²) < 4.78 is 12.1. The van der Waals surface area contributed by atoms with Gasteiger partial charge in [-0.15, -0.1) is 0 Å². The number of methoxy groups -OCH3 is 1. The fourth-order valence-electron chi connectivity index (χ4n) is 3.26. The highest BCUT2D eigenvalue weighted by Gasteiger charge is 2.27. The second-order valence-corrected chi connectivity index (χ2v) is 6.26. The largest absolute Gasteiger partial charge is 0.480 e. The molecule has 2 heterocycles. The van der Waals surface area contributed by atoms with Gasteiger partial charge in [-0.2, -0.15) is 0 Å². The zero-order valence-electron chi connectivity index (χ0n) is 16.0. The van der Waals surface area contributed by atoms with E-state index in [0.717, 1.165) is 36.9 Å². The van der Waals surface area contributed by atoms with Gasteiger partial charge in [-0.1, -0.05) is 26.7 Å². The molecule has 0 saturated carbocycles. The molecule has 0 bridgehead atoms. The van der Waals surface area contributed by atoms with Crippen LogP contribution >= 0.6 is 0 Å². The molecule has 0 fully saturated rings. The number of aryl methyl sites for hydroxylation is 1. The predicted octanol–water partition coefficient (Wildman–Crippen LogP) is 2.45. The molecule has 0 aliphatic heterocycles. The van der Waals surface area contributed by atoms with Crippen molar-refractivity contribution >= 4 is 23.2 Å². The molecule has 7 heteroatoms. The van der Waals surface area contributed by atoms with Gasteiger partial charge in [0.05, 0.1) is 18.2 Å². The van der Waals surface area contributed by atoms with Gasteiger partial charge in [-0.25, -0.2) is 4.79 Å². The quantitative estimate of drug-likeness (QED) is 0.298. The first-order valence-corrected chi connectivity index (χ1v) is 9.14. The molecule has 2 aromatic rings. The van der Waals surface area contributed by atoms with Crippen LogP contribution in [0.4, 0.5) is 0 Å². The van der Waals surface area contributed by atoms with Gasteiger partial charge in [0.1, 0.15) is 5.75 Å². The van der Waals surface area contributed by atoms with Gasteiger partial charge in [0, 0.05) is 11.9 Å². The lowest BCUT2D eigenvalue weighted by Gasteiger charge is -2.09. The van der Waals surface area contributed by atoms with Gasteiger partial charge in [-0.05, 0) is 37.0 Å². The highest BCUT2D eigenvalue weighted by molar-refractivity contribution is 6.44. The molecule has 2 aromatic heterocycles. The predicted molar refractivity (Wildman–Crippen MR) is 101 cm³/mol. The lowest BCUT2D eigenvalue weighted by atomic mass is 10.00. The molecule has 0 aromatic carbocycles. The topological polar surface area (TPSA) is 100 Å². The molecule has 0 aliphatic rings. The number of carbonyl (C=O) groups is 3. The molecule has 1 amide bonds. The summed E-state index contributed by atoms with van der Waals surface area (Å²) in [7, 11) is 1.27. The first-order valence-electron chi connectivity index (χ1n) is 9.14. The van der Waals surface area contributed by atoms with E-state index in [4.69, 9.17) is 10.5 Å². The average molecular weight is 374 g/mol. The maximum atomic E-state index is 12.6. The smallest absolute Gasteiger partial charge is 0.343 e. The minimum Gasteiger partial charge on any atom is -0.480 e. The van der Waals surface area contributed by atoms with E-state index >= 15 is 0 Å². The number of amides is 1. The van der Waals surface area contributed by atoms with Crippen molar-refractivity contribution < 1.29 is 23.9 Å². The van der Waals surface area contributed by atoms with Crippen molar-refractivity contribution in [2.24, 2.45) is 5.73 Å². The maximum absolute atomic E-state index is 12.6. The first-order chi connectivity index (χ1) is 13.0. The molecule has 0 aliphatic carbocycles. The second kappa shape index (κ2) is 9.21. The van der Waals surface area contributed by atoms with E-state index < -0.39 is 17.7 Å². The van der Waals surface area contributed by atoms with Crippen LogP contribution in [0.15, 0.2) is 18.3 Å². The molecule has 0 spiro atoms. The SMILES string of the molecule is CCCCCc1c(CC)c(C(=O)C(N)=O)c2c(OCC(=O)OC)cccn12. The third-order valence-corrected chi connectivity index (χ3v) is 4.53. The summed E-state index contributed by atoms with van der Waals surface area (Å²) in [5.74, 6) is -1.96. The molecular formula is C20H26N2O5. The number of Topliss-reactive ketones (excluding diaryl/α,β-unsaturated/α-hetero) is 1. The monoisotopic (exact) mass is 374 g/mol. The van der Waals surface area contributed by atoms with Crippen molar-refractivity contribution in [3.05, 3.63) is 35.2 Å². The van der Waals surface area contributed by atoms with Gasteiger partial charge < -0.3 is 19.6 Å². The number of nitrogens with zero attached hydrogens (tertiary/aromatic N) is 1. The van der Waals surface area contributed by atoms with Crippen LogP contribution in [0.2, 0.25) is 0 Å². The Balaban J connectivity index is 2.66. The summed E-state index contributed by atoms with van der Waals surface area (Å²) in [5, 5.41) is 0. The van der Waals surface area contributed by atoms with Crippen LogP contribution in [0.1, 0.15) is 54.7 Å². The number of primary amides is 1. The lowest BCUT2D eigenvalue weighted by molar-refractivity contribution is -0.142. The Kier molecular flexibility index (Phi) is 6.98. The number of pyridine rings is 1. The van der Waals surface area contributed by atoms with Gasteiger partial charge in [0.2, 0.25) is 0 Å². The molecular weight excluding hydrogens is 348 g/mol. The first kappa shape index (κ1) is 20.5. The fourth-order valence-corrected chi connectivity index (χ4v) is 3.26. The molecule has 0 atom stereocenters. The van der Waals surface area contributed by atoms with Crippen LogP contribution in [0.5, 0.6) is 5.75 Å². The number of hydrogen-bond acceptors (Lipinski definition) is 5. The van der Waals surface area contributed by atoms with Crippen molar-refractivity contribution in [3.63, 3.8) is 0 Å². The fraction of sp³-hybridized carbons (Fsp3) is 0.450. The van der Waals surface area contributed by atoms with E-state index in [2.05, 4.69) is 11.7 Å². The van der Waals surface area contributed by atoms with Crippen molar-refractivity contribution in [1.29, 1.82) is 0 Å². The van der Waals surface area contributed by atoms with Crippen molar-refractivity contribution in [2.75, 3.05) is 13.7 Å². The highest BCUT2D eigenvalue weighted by atomic mass is 16.6. The summed E-state index contributed by atoms with van der Waals surface area (Å²) in [5.41, 5.74) is 7.78. The number of esters is 1. The normalized spacial score (nSPS) is 10.8. The minimum atomic E-state index is -1.01. The molecule has 0 radical (unpaired) electrons. The molecule has 2 rings (SSSR count). The molecule has 0 saturated heterocycles. The Labute approximate surface area is 158 Å². The van der Waals surface area contributed by atoms with E-state index in [1.54, 1.807) is 12.1 Å². The number of hydrogen-bond donors (Lipinski definition) is 1. The standard InChI is InChI=1S/C20H26N2O5/c1-4-6-7-9-14-13(5-2)17(19(24)20(21)25)18-15(10-8-11-22(14)18)27-12-16(23)26-3/h8,10-11H,4-7,9,12H2,1-3H3,(H2,21,25). The number of unbranched alkanes of at least 4 members (excludes halogenated alkanes) is 2. The summed E-state index contributed by atoms with van der Waals surface area (Å²) >= 11 is 0. The van der Waals surface area contributed by atoms with Gasteiger partial charge in [0.15, 0.2) is 6.61 Å². The maximum Gasteiger partial charge on any atom is 0.343 e. The van der Waals surface area contributed by atoms with Crippen LogP contribution in [0, 0.1) is 0 Å². The van der Waals surface area contributed by atoms with E-state index in [1.807, 2.05) is 17.5 Å². The van der Waals surface area contributed by atoms with E-state index in [1.165, 1.54) is 7.11 Å². The summed E-state index contributed by atoms with van der Waals surface area (Å²) in [6.45, 7) is 3.76. The third kappa shape index (κ3) is 4.30. The number of nitrogens with two attached hydrogens (primary N) is 1. The van der Waals surface area contributed by atoms with Crippen LogP contribution in [0.25, 0.3) is 5.52 Å². The Morgan fingerprint density at radius 2 is 1.93 bits per heavy atom. The number of ether oxygens (including phenoxy) is 2. The number of rotatable bonds is 10. The van der Waals surface area contributed by atoms with Crippen molar-refractivity contribution in [3.8, 4) is 5.75 Å². The highest BCUT2D eigenvalue weighted by Crippen LogP contribution is 2.33. The minimum absolute atomic E-state index is 0.261. The van der Waals surface area contributed by atoms with Crippen LogP contribution in [-0.2, 0) is 27.2 Å². The number of aromatic nitrogens is 1. The summed E-state index contributed by atoms with van der Waals surface area (Å²) in [4.78, 5) is 35.7. The summed E-state index contributed by atoms with van der Waals surface area (Å²) in [6, 6.07) is 3.44. The Hall–Kier alpha value is -2.83. The van der Waals surface area contributed by atoms with Crippen molar-refractivity contribution in [2.45, 2.75) is 46.0 Å². The number of fused-ring (bicyclic) bond motifs is 1. The van der Waals surface area contributed by atoms with E-state index in [9.17, 15) is 14.4 Å². The zero-order valence-corrected chi connectivity index (χ0v) is 16.0. The average Bonchev–Trinajstić information content (AvgIpc) is 2.99. The Morgan fingerprint density at radius 1 is 1.19 bits per heavy atom. The Morgan fingerprint density at radius 3 is 2.52 bits per heavy atom. The van der Waals surface area contributed by atoms with Gasteiger partial charge in [-0.3, -0.25) is 9.59 Å². The van der Waals surface area contributed by atoms with Crippen LogP contribution in [0.3, 0.4) is 0 Å². The van der Waals surface area contributed by atoms with E-state index in [0.29, 0.717) is 17.7 Å². The number of ketones is 1. The van der Waals surface area contributed by atoms with Crippen LogP contribution in [-0.4, -0.2) is 35.8 Å². The van der Waals surface area contributed by atoms with E-state index in [-0.39, 0.29) is 12.2 Å². The lowest BCUT2D eigenvalue weighted by Crippen LogP contribution is -2.24. The van der Waals surface area contributed by atoms with Crippen LogP contribution < -0.4 is 10.5 Å². The molecule has 7 nitrogen and oxygen atoms in total. The molecule has 146 valence electrons. The molecule has 27 heavy (non-hydrogen) atoms. The summed E-state index contributed by atoms with van der Waals surface area (Å²) in [6.07, 6.45) is 6.28.